The molecule has 1 saturated heterocycles. The number of imide groups is 1. The molecule has 0 aromatic heterocycles. The number of carboxylic acid groups (broad SMARTS) is 1. The molecule has 3 amide bonds. The Balaban J connectivity index is 2.29. The van der Waals surface area contributed by atoms with Crippen molar-refractivity contribution in [1.82, 2.24) is 10.2 Å². The van der Waals surface area contributed by atoms with Crippen molar-refractivity contribution in [1.29, 1.82) is 0 Å². The Bertz CT molecular complexity index is 783. The number of hydrogen-bond donors (Lipinski definition) is 2. The predicted molar refractivity (Wildman–Crippen MR) is 114 cm³/mol. The van der Waals surface area contributed by atoms with E-state index in [1.165, 1.54) is 13.8 Å². The summed E-state index contributed by atoms with van der Waals surface area (Å²) in [6.45, 7) is 10.6. The summed E-state index contributed by atoms with van der Waals surface area (Å²) in [5.74, 6) is -1.47. The van der Waals surface area contributed by atoms with Crippen LogP contribution >= 0.6 is 0 Å². The minimum Gasteiger partial charge on any atom is -0.479 e. The zero-order valence-electron chi connectivity index (χ0n) is 18.8. The van der Waals surface area contributed by atoms with Gasteiger partial charge in [0, 0.05) is 0 Å². The zero-order chi connectivity index (χ0) is 22.7. The molecule has 1 heterocycles. The van der Waals surface area contributed by atoms with Crippen molar-refractivity contribution in [3.63, 3.8) is 0 Å². The first-order chi connectivity index (χ1) is 14.0. The standard InChI is InChI=1S/C23H34N2O5/c1-7-10-17(16-13-11-15(4)12-14-16)24-21(29)25-18(26)23(8-2,9-3)19(25)30-22(5,6)20(27)28/h11-14,17,19H,7-10H2,1-6H3,(H,24,29)(H,27,28)/t17-,19+/m1/s1. The first-order valence-corrected chi connectivity index (χ1v) is 10.7. The highest BCUT2D eigenvalue weighted by molar-refractivity contribution is 6.03. The number of aliphatic carboxylic acids is 1. The summed E-state index contributed by atoms with van der Waals surface area (Å²) < 4.78 is 5.84. The predicted octanol–water partition coefficient (Wildman–Crippen LogP) is 4.40. The summed E-state index contributed by atoms with van der Waals surface area (Å²) in [5, 5.41) is 12.4. The molecule has 2 rings (SSSR count). The molecule has 1 aromatic carbocycles. The lowest BCUT2D eigenvalue weighted by Gasteiger charge is -2.55. The van der Waals surface area contributed by atoms with Crippen LogP contribution < -0.4 is 5.32 Å². The van der Waals surface area contributed by atoms with Gasteiger partial charge in [0.2, 0.25) is 5.91 Å². The van der Waals surface area contributed by atoms with E-state index in [2.05, 4.69) is 5.32 Å². The van der Waals surface area contributed by atoms with Gasteiger partial charge in [-0.25, -0.2) is 14.5 Å². The Morgan fingerprint density at radius 2 is 1.77 bits per heavy atom. The van der Waals surface area contributed by atoms with Gasteiger partial charge in [-0.3, -0.25) is 4.79 Å². The SMILES string of the molecule is CCC[C@@H](NC(=O)N1C(=O)C(CC)(CC)[C@@H]1OC(C)(C)C(=O)O)c1ccc(C)cc1. The number of carbonyl (C=O) groups is 3. The van der Waals surface area contributed by atoms with Crippen LogP contribution in [0.3, 0.4) is 0 Å². The molecule has 0 bridgehead atoms. The first-order valence-electron chi connectivity index (χ1n) is 10.7. The average molecular weight is 419 g/mol. The van der Waals surface area contributed by atoms with Gasteiger partial charge in [0.25, 0.3) is 0 Å². The van der Waals surface area contributed by atoms with E-state index in [9.17, 15) is 19.5 Å². The van der Waals surface area contributed by atoms with E-state index in [0.717, 1.165) is 28.9 Å². The number of nitrogens with one attached hydrogen (secondary N) is 1. The Kier molecular flexibility index (Phi) is 7.29. The highest BCUT2D eigenvalue weighted by atomic mass is 16.6. The van der Waals surface area contributed by atoms with E-state index in [0.29, 0.717) is 12.8 Å². The van der Waals surface area contributed by atoms with Gasteiger partial charge in [0.15, 0.2) is 11.8 Å². The topological polar surface area (TPSA) is 95.9 Å². The number of urea groups is 1. The van der Waals surface area contributed by atoms with E-state index in [4.69, 9.17) is 4.74 Å². The summed E-state index contributed by atoms with van der Waals surface area (Å²) in [6, 6.07) is 7.11. The molecular weight excluding hydrogens is 384 g/mol. The second-order valence-corrected chi connectivity index (χ2v) is 8.53. The maximum atomic E-state index is 13.1. The lowest BCUT2D eigenvalue weighted by molar-refractivity contribution is -0.240. The molecule has 1 aliphatic heterocycles. The van der Waals surface area contributed by atoms with E-state index in [1.54, 1.807) is 0 Å². The summed E-state index contributed by atoms with van der Waals surface area (Å²) in [5.41, 5.74) is -0.337. The fraction of sp³-hybridized carbons (Fsp3) is 0.609. The molecule has 166 valence electrons. The second kappa shape index (κ2) is 9.16. The Morgan fingerprint density at radius 1 is 1.20 bits per heavy atom. The lowest BCUT2D eigenvalue weighted by Crippen LogP contribution is -2.74. The number of amides is 3. The van der Waals surface area contributed by atoms with Crippen molar-refractivity contribution >= 4 is 17.9 Å². The summed E-state index contributed by atoms with van der Waals surface area (Å²) in [7, 11) is 0. The van der Waals surface area contributed by atoms with Crippen molar-refractivity contribution in [3.8, 4) is 0 Å². The fourth-order valence-electron chi connectivity index (χ4n) is 3.86. The molecule has 0 aliphatic carbocycles. The summed E-state index contributed by atoms with van der Waals surface area (Å²) in [6.07, 6.45) is 1.57. The van der Waals surface area contributed by atoms with Gasteiger partial charge in [-0.05, 0) is 45.6 Å². The molecule has 2 atom stereocenters. The van der Waals surface area contributed by atoms with Crippen LogP contribution in [-0.4, -0.2) is 39.7 Å². The smallest absolute Gasteiger partial charge is 0.335 e. The van der Waals surface area contributed by atoms with Gasteiger partial charge in [0.1, 0.15) is 0 Å². The second-order valence-electron chi connectivity index (χ2n) is 8.53. The summed E-state index contributed by atoms with van der Waals surface area (Å²) in [4.78, 5) is 38.8. The number of ether oxygens (including phenoxy) is 1. The van der Waals surface area contributed by atoms with Crippen LogP contribution in [0.15, 0.2) is 24.3 Å². The van der Waals surface area contributed by atoms with Crippen molar-refractivity contribution in [2.45, 2.75) is 85.1 Å². The van der Waals surface area contributed by atoms with Crippen molar-refractivity contribution in [3.05, 3.63) is 35.4 Å². The maximum Gasteiger partial charge on any atom is 0.335 e. The highest BCUT2D eigenvalue weighted by Gasteiger charge is 2.63. The van der Waals surface area contributed by atoms with Crippen LogP contribution in [0, 0.1) is 12.3 Å². The fourth-order valence-corrected chi connectivity index (χ4v) is 3.86. The molecule has 0 radical (unpaired) electrons. The molecule has 1 aliphatic rings. The third-order valence-corrected chi connectivity index (χ3v) is 6.11. The minimum absolute atomic E-state index is 0.248. The quantitative estimate of drug-likeness (QED) is 0.580. The van der Waals surface area contributed by atoms with Gasteiger partial charge in [-0.1, -0.05) is 57.0 Å². The van der Waals surface area contributed by atoms with E-state index in [1.807, 2.05) is 52.0 Å². The van der Waals surface area contributed by atoms with Crippen molar-refractivity contribution in [2.24, 2.45) is 5.41 Å². The molecule has 1 fully saturated rings. The molecule has 7 heteroatoms. The zero-order valence-corrected chi connectivity index (χ0v) is 18.8. The van der Waals surface area contributed by atoms with Gasteiger partial charge < -0.3 is 15.2 Å². The third kappa shape index (κ3) is 4.36. The molecule has 0 saturated carbocycles. The number of β-lactam (4-membered cyclic amide) rings is 1. The van der Waals surface area contributed by atoms with Gasteiger partial charge in [-0.15, -0.1) is 0 Å². The molecule has 0 spiro atoms. The number of carbonyl (C=O) groups excluding carboxylic acids is 2. The Morgan fingerprint density at radius 3 is 2.23 bits per heavy atom. The van der Waals surface area contributed by atoms with Crippen molar-refractivity contribution in [2.75, 3.05) is 0 Å². The van der Waals surface area contributed by atoms with Gasteiger partial charge >= 0.3 is 12.0 Å². The van der Waals surface area contributed by atoms with Gasteiger partial charge in [0.05, 0.1) is 11.5 Å². The van der Waals surface area contributed by atoms with Crippen LogP contribution in [0.5, 0.6) is 0 Å². The molecule has 2 N–H and O–H groups in total. The average Bonchev–Trinajstić information content (AvgIpc) is 2.69. The number of nitrogens with zero attached hydrogens (tertiary/aromatic N) is 1. The van der Waals surface area contributed by atoms with Gasteiger partial charge in [-0.2, -0.15) is 0 Å². The van der Waals surface area contributed by atoms with Crippen LogP contribution in [0.25, 0.3) is 0 Å². The Hall–Kier alpha value is -2.41. The van der Waals surface area contributed by atoms with Crippen LogP contribution in [0.1, 0.15) is 77.5 Å². The molecular formula is C23H34N2O5. The van der Waals surface area contributed by atoms with Crippen LogP contribution in [-0.2, 0) is 14.3 Å². The van der Waals surface area contributed by atoms with Crippen LogP contribution in [0.4, 0.5) is 4.79 Å². The maximum absolute atomic E-state index is 13.1. The van der Waals surface area contributed by atoms with E-state index < -0.39 is 29.2 Å². The van der Waals surface area contributed by atoms with Crippen LogP contribution in [0.2, 0.25) is 0 Å². The molecule has 0 unspecified atom stereocenters. The minimum atomic E-state index is -1.53. The molecule has 7 nitrogen and oxygen atoms in total. The molecule has 1 aromatic rings. The number of likely N-dealkylation sites (tertiary alicyclic amines) is 1. The highest BCUT2D eigenvalue weighted by Crippen LogP contribution is 2.47. The normalized spacial score (nSPS) is 19.2. The monoisotopic (exact) mass is 418 g/mol. The number of carboxylic acids is 1. The van der Waals surface area contributed by atoms with Crippen molar-refractivity contribution < 1.29 is 24.2 Å². The first kappa shape index (κ1) is 23.9. The number of benzene rings is 1. The number of hydrogen-bond acceptors (Lipinski definition) is 4. The lowest BCUT2D eigenvalue weighted by atomic mass is 9.71. The van der Waals surface area contributed by atoms with E-state index in [-0.39, 0.29) is 11.9 Å². The number of rotatable bonds is 9. The molecule has 30 heavy (non-hydrogen) atoms. The third-order valence-electron chi connectivity index (χ3n) is 6.11. The Labute approximate surface area is 178 Å². The largest absolute Gasteiger partial charge is 0.479 e. The summed E-state index contributed by atoms with van der Waals surface area (Å²) >= 11 is 0. The number of aryl methyl sites for hydroxylation is 1. The van der Waals surface area contributed by atoms with E-state index >= 15 is 0 Å².